The first-order chi connectivity index (χ1) is 15.5. The lowest BCUT2D eigenvalue weighted by atomic mass is 10.1. The lowest BCUT2D eigenvalue weighted by Crippen LogP contribution is -2.15. The summed E-state index contributed by atoms with van der Waals surface area (Å²) in [5.74, 6) is 1.74. The molecule has 0 bridgehead atoms. The number of unbranched alkanes of at least 4 members (excludes halogenated alkanes) is 1. The van der Waals surface area contributed by atoms with Crippen molar-refractivity contribution in [2.24, 2.45) is 0 Å². The third-order valence-electron chi connectivity index (χ3n) is 4.75. The van der Waals surface area contributed by atoms with Crippen molar-refractivity contribution in [3.05, 3.63) is 66.2 Å². The highest BCUT2D eigenvalue weighted by molar-refractivity contribution is 7.99. The fourth-order valence-electron chi connectivity index (χ4n) is 3.31. The summed E-state index contributed by atoms with van der Waals surface area (Å²) in [7, 11) is 0. The summed E-state index contributed by atoms with van der Waals surface area (Å²) in [4.78, 5) is 12.5. The molecule has 0 spiro atoms. The second kappa shape index (κ2) is 11.5. The van der Waals surface area contributed by atoms with Gasteiger partial charge in [0.05, 0.1) is 12.4 Å². The fourth-order valence-corrected chi connectivity index (χ4v) is 4.06. The number of ether oxygens (including phenoxy) is 1. The van der Waals surface area contributed by atoms with E-state index in [1.807, 2.05) is 54.8 Å². The molecule has 0 saturated heterocycles. The number of hydrogen-bond donors (Lipinski definition) is 1. The summed E-state index contributed by atoms with van der Waals surface area (Å²) < 4.78 is 7.71. The van der Waals surface area contributed by atoms with Crippen LogP contribution in [-0.4, -0.2) is 33.0 Å². The van der Waals surface area contributed by atoms with Gasteiger partial charge in [0.2, 0.25) is 5.91 Å². The van der Waals surface area contributed by atoms with Crippen molar-refractivity contribution < 1.29 is 9.53 Å². The molecule has 0 atom stereocenters. The number of amides is 1. The zero-order valence-electron chi connectivity index (χ0n) is 18.9. The first-order valence-electron chi connectivity index (χ1n) is 10.8. The number of carbonyl (C=O) groups is 1. The van der Waals surface area contributed by atoms with E-state index in [2.05, 4.69) is 35.1 Å². The monoisotopic (exact) mass is 450 g/mol. The van der Waals surface area contributed by atoms with Crippen LogP contribution in [0.2, 0.25) is 0 Å². The molecule has 7 heteroatoms. The van der Waals surface area contributed by atoms with Gasteiger partial charge in [-0.1, -0.05) is 37.2 Å². The topological polar surface area (TPSA) is 69.0 Å². The van der Waals surface area contributed by atoms with Gasteiger partial charge in [-0.2, -0.15) is 0 Å². The largest absolute Gasteiger partial charge is 0.494 e. The number of anilines is 1. The Bertz CT molecular complexity index is 1040. The van der Waals surface area contributed by atoms with Crippen molar-refractivity contribution in [2.45, 2.75) is 45.3 Å². The van der Waals surface area contributed by atoms with E-state index >= 15 is 0 Å². The van der Waals surface area contributed by atoms with Crippen LogP contribution in [0.15, 0.2) is 60.3 Å². The lowest BCUT2D eigenvalue weighted by molar-refractivity contribution is -0.113. The number of benzene rings is 2. The molecule has 0 radical (unpaired) electrons. The number of nitrogens with zero attached hydrogens (tertiary/aromatic N) is 3. The maximum atomic E-state index is 12.5. The molecule has 1 aromatic heterocycles. The molecule has 32 heavy (non-hydrogen) atoms. The smallest absolute Gasteiger partial charge is 0.234 e. The maximum Gasteiger partial charge on any atom is 0.234 e. The molecule has 3 rings (SSSR count). The van der Waals surface area contributed by atoms with E-state index < -0.39 is 0 Å². The predicted octanol–water partition coefficient (Wildman–Crippen LogP) is 5.66. The minimum absolute atomic E-state index is 0.0803. The third-order valence-corrected chi connectivity index (χ3v) is 5.71. The van der Waals surface area contributed by atoms with Gasteiger partial charge < -0.3 is 10.1 Å². The molecule has 2 aromatic carbocycles. The number of aryl methyl sites for hydroxylation is 2. The summed E-state index contributed by atoms with van der Waals surface area (Å²) in [6.07, 6.45) is 3.94. The van der Waals surface area contributed by atoms with Crippen LogP contribution < -0.4 is 10.1 Å². The van der Waals surface area contributed by atoms with Gasteiger partial charge in [0.25, 0.3) is 0 Å². The van der Waals surface area contributed by atoms with Crippen LogP contribution in [0.4, 0.5) is 5.69 Å². The van der Waals surface area contributed by atoms with Crippen LogP contribution in [0.1, 0.15) is 30.9 Å². The number of allylic oxidation sites excluding steroid dienone is 1. The highest BCUT2D eigenvalue weighted by Gasteiger charge is 2.15. The molecule has 0 fully saturated rings. The number of hydrogen-bond acceptors (Lipinski definition) is 5. The standard InChI is InChI=1S/C25H30N4O2S/c1-5-7-13-31-22-10-8-20(9-11-22)24-27-28-25(29(24)12-6-2)32-17-23(30)26-21-15-18(3)14-19(4)16-21/h6,8-11,14-16H,2,5,7,12-13,17H2,1,3-4H3,(H,26,30). The highest BCUT2D eigenvalue weighted by Crippen LogP contribution is 2.26. The summed E-state index contributed by atoms with van der Waals surface area (Å²) >= 11 is 1.36. The first kappa shape index (κ1) is 23.6. The Hall–Kier alpha value is -3.06. The number of aromatic nitrogens is 3. The van der Waals surface area contributed by atoms with E-state index in [0.29, 0.717) is 18.3 Å². The summed E-state index contributed by atoms with van der Waals surface area (Å²) in [6, 6.07) is 13.9. The van der Waals surface area contributed by atoms with Gasteiger partial charge in [0.1, 0.15) is 5.75 Å². The Labute approximate surface area is 194 Å². The molecule has 3 aromatic rings. The van der Waals surface area contributed by atoms with E-state index in [1.165, 1.54) is 11.8 Å². The van der Waals surface area contributed by atoms with Crippen molar-refractivity contribution in [1.29, 1.82) is 0 Å². The Morgan fingerprint density at radius 3 is 2.53 bits per heavy atom. The Kier molecular flexibility index (Phi) is 8.50. The molecular formula is C25H30N4O2S. The van der Waals surface area contributed by atoms with Crippen LogP contribution in [0, 0.1) is 13.8 Å². The summed E-state index contributed by atoms with van der Waals surface area (Å²) in [5.41, 5.74) is 3.98. The lowest BCUT2D eigenvalue weighted by Gasteiger charge is -2.10. The van der Waals surface area contributed by atoms with E-state index in [1.54, 1.807) is 6.08 Å². The molecular weight excluding hydrogens is 420 g/mol. The molecule has 168 valence electrons. The number of rotatable bonds is 11. The number of thioether (sulfide) groups is 1. The van der Waals surface area contributed by atoms with Crippen LogP contribution >= 0.6 is 11.8 Å². The van der Waals surface area contributed by atoms with Gasteiger partial charge in [-0.05, 0) is 67.8 Å². The Morgan fingerprint density at radius 1 is 1.16 bits per heavy atom. The van der Waals surface area contributed by atoms with Gasteiger partial charge >= 0.3 is 0 Å². The number of nitrogens with one attached hydrogen (secondary N) is 1. The molecule has 1 amide bonds. The number of carbonyl (C=O) groups excluding carboxylic acids is 1. The van der Waals surface area contributed by atoms with E-state index in [-0.39, 0.29) is 11.7 Å². The zero-order chi connectivity index (χ0) is 22.9. The minimum Gasteiger partial charge on any atom is -0.494 e. The van der Waals surface area contributed by atoms with Crippen molar-refractivity contribution in [3.8, 4) is 17.1 Å². The van der Waals surface area contributed by atoms with E-state index in [4.69, 9.17) is 4.74 Å². The van der Waals surface area contributed by atoms with Crippen LogP contribution in [-0.2, 0) is 11.3 Å². The molecule has 1 N–H and O–H groups in total. The van der Waals surface area contributed by atoms with Crippen molar-refractivity contribution in [3.63, 3.8) is 0 Å². The molecule has 1 heterocycles. The molecule has 0 aliphatic rings. The van der Waals surface area contributed by atoms with Crippen molar-refractivity contribution in [1.82, 2.24) is 14.8 Å². The Balaban J connectivity index is 1.67. The van der Waals surface area contributed by atoms with Gasteiger partial charge in [0, 0.05) is 17.8 Å². The van der Waals surface area contributed by atoms with Gasteiger partial charge in [-0.15, -0.1) is 16.8 Å². The molecule has 0 aliphatic heterocycles. The zero-order valence-corrected chi connectivity index (χ0v) is 19.7. The van der Waals surface area contributed by atoms with Crippen molar-refractivity contribution >= 4 is 23.4 Å². The molecule has 0 saturated carbocycles. The quantitative estimate of drug-likeness (QED) is 0.232. The molecule has 0 unspecified atom stereocenters. The second-order valence-corrected chi connectivity index (χ2v) is 8.59. The van der Waals surface area contributed by atoms with Crippen LogP contribution in [0.25, 0.3) is 11.4 Å². The fraction of sp³-hybridized carbons (Fsp3) is 0.320. The van der Waals surface area contributed by atoms with Gasteiger partial charge in [0.15, 0.2) is 11.0 Å². The first-order valence-corrected chi connectivity index (χ1v) is 11.8. The Morgan fingerprint density at radius 2 is 1.88 bits per heavy atom. The SMILES string of the molecule is C=CCn1c(SCC(=O)Nc2cc(C)cc(C)c2)nnc1-c1ccc(OCCCC)cc1. The normalized spacial score (nSPS) is 10.7. The summed E-state index contributed by atoms with van der Waals surface area (Å²) in [6.45, 7) is 11.3. The minimum atomic E-state index is -0.0803. The van der Waals surface area contributed by atoms with E-state index in [9.17, 15) is 4.79 Å². The van der Waals surface area contributed by atoms with Crippen molar-refractivity contribution in [2.75, 3.05) is 17.7 Å². The average Bonchev–Trinajstić information content (AvgIpc) is 3.15. The second-order valence-electron chi connectivity index (χ2n) is 7.65. The molecule has 6 nitrogen and oxygen atoms in total. The highest BCUT2D eigenvalue weighted by atomic mass is 32.2. The van der Waals surface area contributed by atoms with Crippen LogP contribution in [0.3, 0.4) is 0 Å². The maximum absolute atomic E-state index is 12.5. The molecule has 0 aliphatic carbocycles. The van der Waals surface area contributed by atoms with Crippen LogP contribution in [0.5, 0.6) is 5.75 Å². The predicted molar refractivity (Wildman–Crippen MR) is 131 cm³/mol. The van der Waals surface area contributed by atoms with E-state index in [0.717, 1.165) is 46.8 Å². The average molecular weight is 451 g/mol. The summed E-state index contributed by atoms with van der Waals surface area (Å²) in [5, 5.41) is 12.3. The third kappa shape index (κ3) is 6.47. The van der Waals surface area contributed by atoms with Gasteiger partial charge in [-0.3, -0.25) is 9.36 Å². The van der Waals surface area contributed by atoms with Gasteiger partial charge in [-0.25, -0.2) is 0 Å².